The molecule has 3 nitrogen and oxygen atoms in total. The largest absolute Gasteiger partial charge is 0.391 e. The molecule has 3 aromatic rings. The van der Waals surface area contributed by atoms with Gasteiger partial charge in [0.1, 0.15) is 0 Å². The molecule has 1 N–H and O–H groups in total. The number of rotatable bonds is 5. The molecule has 3 rings (SSSR count). The maximum absolute atomic E-state index is 13.2. The first-order chi connectivity index (χ1) is 13.2. The van der Waals surface area contributed by atoms with Crippen LogP contribution in [0.15, 0.2) is 60.8 Å². The van der Waals surface area contributed by atoms with E-state index in [9.17, 15) is 18.0 Å². The van der Waals surface area contributed by atoms with Crippen LogP contribution in [0.25, 0.3) is 10.9 Å². The molecule has 0 aliphatic rings. The highest BCUT2D eigenvalue weighted by atomic mass is 32.1. The zero-order valence-electron chi connectivity index (χ0n) is 16.2. The van der Waals surface area contributed by atoms with Gasteiger partial charge in [0.2, 0.25) is 0 Å². The summed E-state index contributed by atoms with van der Waals surface area (Å²) in [4.78, 5) is 17.1. The number of benzene rings is 2. The monoisotopic (exact) mass is 420 g/mol. The number of carbonyl (C=O) groups is 1. The van der Waals surface area contributed by atoms with E-state index in [1.165, 1.54) is 13.1 Å². The van der Waals surface area contributed by atoms with Crippen LogP contribution in [-0.2, 0) is 6.42 Å². The molecule has 7 heteroatoms. The third-order valence-electron chi connectivity index (χ3n) is 4.62. The first kappa shape index (κ1) is 22.7. The van der Waals surface area contributed by atoms with Crippen molar-refractivity contribution in [3.05, 3.63) is 77.5 Å². The van der Waals surface area contributed by atoms with Gasteiger partial charge in [-0.2, -0.15) is 26.7 Å². The van der Waals surface area contributed by atoms with Gasteiger partial charge in [0.15, 0.2) is 0 Å². The van der Waals surface area contributed by atoms with Gasteiger partial charge in [-0.15, -0.1) is 0 Å². The zero-order chi connectivity index (χ0) is 20.4. The SMILES string of the molecule is Cc1cccc2cc(C(=O)N[C@@](C)(Cc3ccccc3)CC(F)(F)F)cnc12.S. The number of hydrogen-bond acceptors (Lipinski definition) is 2. The van der Waals surface area contributed by atoms with Crippen LogP contribution in [0.1, 0.15) is 34.8 Å². The number of halogens is 3. The molecule has 0 unspecified atom stereocenters. The third kappa shape index (κ3) is 5.97. The molecule has 0 saturated heterocycles. The lowest BCUT2D eigenvalue weighted by Crippen LogP contribution is -2.50. The van der Waals surface area contributed by atoms with Gasteiger partial charge in [-0.05, 0) is 37.5 Å². The highest BCUT2D eigenvalue weighted by Crippen LogP contribution is 2.30. The smallest absolute Gasteiger partial charge is 0.346 e. The molecule has 1 atom stereocenters. The molecule has 2 aromatic carbocycles. The molecule has 0 aliphatic heterocycles. The number of aryl methyl sites for hydroxylation is 1. The Morgan fingerprint density at radius 1 is 1.07 bits per heavy atom. The van der Waals surface area contributed by atoms with Crippen molar-refractivity contribution in [2.45, 2.75) is 38.4 Å². The van der Waals surface area contributed by atoms with Gasteiger partial charge < -0.3 is 5.32 Å². The summed E-state index contributed by atoms with van der Waals surface area (Å²) in [5.74, 6) is -0.571. The number of alkyl halides is 3. The van der Waals surface area contributed by atoms with E-state index in [0.29, 0.717) is 0 Å². The van der Waals surface area contributed by atoms with Crippen molar-refractivity contribution < 1.29 is 18.0 Å². The van der Waals surface area contributed by atoms with Gasteiger partial charge in [0.05, 0.1) is 23.0 Å². The summed E-state index contributed by atoms with van der Waals surface area (Å²) in [5, 5.41) is 3.37. The van der Waals surface area contributed by atoms with Crippen LogP contribution in [0, 0.1) is 6.92 Å². The minimum atomic E-state index is -4.41. The third-order valence-corrected chi connectivity index (χ3v) is 4.62. The Bertz CT molecular complexity index is 992. The van der Waals surface area contributed by atoms with Gasteiger partial charge in [-0.25, -0.2) is 0 Å². The number of nitrogens with one attached hydrogen (secondary N) is 1. The lowest BCUT2D eigenvalue weighted by Gasteiger charge is -2.32. The van der Waals surface area contributed by atoms with Crippen LogP contribution in [0.3, 0.4) is 0 Å². The molecule has 0 fully saturated rings. The van der Waals surface area contributed by atoms with Crippen molar-refractivity contribution in [1.29, 1.82) is 0 Å². The summed E-state index contributed by atoms with van der Waals surface area (Å²) in [7, 11) is 0. The van der Waals surface area contributed by atoms with Gasteiger partial charge in [-0.1, -0.05) is 48.5 Å². The van der Waals surface area contributed by atoms with E-state index in [4.69, 9.17) is 0 Å². The second-order valence-electron chi connectivity index (χ2n) is 7.34. The summed E-state index contributed by atoms with van der Waals surface area (Å²) in [5.41, 5.74) is 1.22. The number of pyridine rings is 1. The first-order valence-corrected chi connectivity index (χ1v) is 8.94. The van der Waals surface area contributed by atoms with Crippen molar-refractivity contribution in [3.63, 3.8) is 0 Å². The highest BCUT2D eigenvalue weighted by molar-refractivity contribution is 7.59. The van der Waals surface area contributed by atoms with Crippen LogP contribution in [0.4, 0.5) is 13.2 Å². The zero-order valence-corrected chi connectivity index (χ0v) is 17.2. The Morgan fingerprint density at radius 3 is 2.41 bits per heavy atom. The molecular weight excluding hydrogens is 397 g/mol. The summed E-state index contributed by atoms with van der Waals surface area (Å²) in [6.07, 6.45) is -4.06. The van der Waals surface area contributed by atoms with E-state index in [2.05, 4.69) is 10.3 Å². The Balaban J connectivity index is 0.00000300. The molecule has 0 aliphatic carbocycles. The van der Waals surface area contributed by atoms with Gasteiger partial charge in [-0.3, -0.25) is 9.78 Å². The van der Waals surface area contributed by atoms with Crippen molar-refractivity contribution in [1.82, 2.24) is 10.3 Å². The fourth-order valence-electron chi connectivity index (χ4n) is 3.42. The standard InChI is InChI=1S/C22H21F3N2O.H2S/c1-15-7-6-10-17-11-18(13-26-19(15)17)20(28)27-21(2,14-22(23,24)25)12-16-8-4-3-5-9-16;/h3-11,13H,12,14H2,1-2H3,(H,27,28);1H2/t21-;/m0./s1. The maximum atomic E-state index is 13.2. The molecule has 1 heterocycles. The first-order valence-electron chi connectivity index (χ1n) is 8.94. The van der Waals surface area contributed by atoms with Crippen molar-refractivity contribution in [2.75, 3.05) is 0 Å². The molecule has 0 bridgehead atoms. The van der Waals surface area contributed by atoms with Gasteiger partial charge in [0.25, 0.3) is 5.91 Å². The number of fused-ring (bicyclic) bond motifs is 1. The average molecular weight is 421 g/mol. The lowest BCUT2D eigenvalue weighted by molar-refractivity contribution is -0.147. The second kappa shape index (κ2) is 8.86. The van der Waals surface area contributed by atoms with E-state index in [1.807, 2.05) is 25.1 Å². The van der Waals surface area contributed by atoms with E-state index in [1.54, 1.807) is 36.4 Å². The highest BCUT2D eigenvalue weighted by Gasteiger charge is 2.40. The topological polar surface area (TPSA) is 42.0 Å². The fraction of sp³-hybridized carbons (Fsp3) is 0.273. The molecule has 0 spiro atoms. The number of hydrogen-bond donors (Lipinski definition) is 1. The fourth-order valence-corrected chi connectivity index (χ4v) is 3.42. The summed E-state index contributed by atoms with van der Waals surface area (Å²) < 4.78 is 39.6. The van der Waals surface area contributed by atoms with E-state index in [-0.39, 0.29) is 25.5 Å². The summed E-state index contributed by atoms with van der Waals surface area (Å²) in [6.45, 7) is 3.33. The Morgan fingerprint density at radius 2 is 1.76 bits per heavy atom. The predicted molar refractivity (Wildman–Crippen MR) is 114 cm³/mol. The van der Waals surface area contributed by atoms with Crippen LogP contribution < -0.4 is 5.32 Å². The van der Waals surface area contributed by atoms with Crippen LogP contribution in [0.2, 0.25) is 0 Å². The second-order valence-corrected chi connectivity index (χ2v) is 7.34. The van der Waals surface area contributed by atoms with Crippen molar-refractivity contribution in [3.8, 4) is 0 Å². The molecule has 0 radical (unpaired) electrons. The van der Waals surface area contributed by atoms with Crippen LogP contribution in [-0.4, -0.2) is 22.6 Å². The quantitative estimate of drug-likeness (QED) is 0.605. The minimum Gasteiger partial charge on any atom is -0.346 e. The lowest BCUT2D eigenvalue weighted by atomic mass is 9.88. The average Bonchev–Trinajstić information content (AvgIpc) is 2.60. The number of para-hydroxylation sites is 1. The predicted octanol–water partition coefficient (Wildman–Crippen LogP) is 5.34. The molecule has 1 amide bonds. The van der Waals surface area contributed by atoms with E-state index < -0.39 is 24.0 Å². The Kier molecular flexibility index (Phi) is 6.95. The number of carbonyl (C=O) groups excluding carboxylic acids is 1. The van der Waals surface area contributed by atoms with Crippen LogP contribution >= 0.6 is 13.5 Å². The van der Waals surface area contributed by atoms with Crippen molar-refractivity contribution in [2.24, 2.45) is 0 Å². The number of nitrogens with zero attached hydrogens (tertiary/aromatic N) is 1. The number of aromatic nitrogens is 1. The molecule has 1 aromatic heterocycles. The molecular formula is C22H23F3N2OS. The van der Waals surface area contributed by atoms with Gasteiger partial charge >= 0.3 is 6.18 Å². The minimum absolute atomic E-state index is 0. The van der Waals surface area contributed by atoms with Crippen molar-refractivity contribution >= 4 is 30.3 Å². The maximum Gasteiger partial charge on any atom is 0.391 e. The van der Waals surface area contributed by atoms with E-state index >= 15 is 0 Å². The molecule has 0 saturated carbocycles. The van der Waals surface area contributed by atoms with E-state index in [0.717, 1.165) is 22.0 Å². The Hall–Kier alpha value is -2.54. The Labute approximate surface area is 174 Å². The normalized spacial score (nSPS) is 13.4. The summed E-state index contributed by atoms with van der Waals surface area (Å²) in [6, 6.07) is 16.1. The molecule has 154 valence electrons. The van der Waals surface area contributed by atoms with Crippen LogP contribution in [0.5, 0.6) is 0 Å². The van der Waals surface area contributed by atoms with Gasteiger partial charge in [0, 0.05) is 11.6 Å². The summed E-state index contributed by atoms with van der Waals surface area (Å²) >= 11 is 0. The molecule has 29 heavy (non-hydrogen) atoms. The number of amides is 1.